The quantitative estimate of drug-likeness (QED) is 0.368. The Labute approximate surface area is 186 Å². The fraction of sp³-hybridized carbons (Fsp3) is 0.154. The molecule has 6 nitrogen and oxygen atoms in total. The third-order valence-electron chi connectivity index (χ3n) is 5.66. The molecule has 0 saturated heterocycles. The lowest BCUT2D eigenvalue weighted by Crippen LogP contribution is -1.89. The number of aryl methyl sites for hydroxylation is 2. The Hall–Kier alpha value is -4.06. The van der Waals surface area contributed by atoms with Crippen molar-refractivity contribution in [1.29, 1.82) is 0 Å². The Kier molecular flexibility index (Phi) is 5.34. The van der Waals surface area contributed by atoms with Crippen LogP contribution in [0.2, 0.25) is 0 Å². The second-order valence-electron chi connectivity index (χ2n) is 7.62. The number of hydrogen-bond donors (Lipinski definition) is 2. The predicted octanol–water partition coefficient (Wildman–Crippen LogP) is 5.72. The highest BCUT2D eigenvalue weighted by Crippen LogP contribution is 2.27. The van der Waals surface area contributed by atoms with Crippen molar-refractivity contribution in [3.63, 3.8) is 0 Å². The molecule has 0 fully saturated rings. The van der Waals surface area contributed by atoms with E-state index in [1.54, 1.807) is 0 Å². The fourth-order valence-electron chi connectivity index (χ4n) is 3.94. The van der Waals surface area contributed by atoms with Gasteiger partial charge < -0.3 is 0 Å². The molecule has 5 aromatic rings. The smallest absolute Gasteiger partial charge is 0.181 e. The minimum absolute atomic E-state index is 0.653. The van der Waals surface area contributed by atoms with Crippen LogP contribution in [0.5, 0.6) is 0 Å². The summed E-state index contributed by atoms with van der Waals surface area (Å²) in [5.41, 5.74) is 6.48. The first kappa shape index (κ1) is 19.9. The Morgan fingerprint density at radius 2 is 1.06 bits per heavy atom. The van der Waals surface area contributed by atoms with E-state index < -0.39 is 0 Å². The Morgan fingerprint density at radius 3 is 1.53 bits per heavy atom. The van der Waals surface area contributed by atoms with Crippen molar-refractivity contribution in [2.45, 2.75) is 26.7 Å². The van der Waals surface area contributed by atoms with Crippen LogP contribution in [0.1, 0.15) is 25.0 Å². The van der Waals surface area contributed by atoms with E-state index in [9.17, 15) is 0 Å². The topological polar surface area (TPSA) is 83.1 Å². The number of nitrogens with zero attached hydrogens (tertiary/aromatic N) is 4. The average molecular weight is 421 g/mol. The average Bonchev–Trinajstić information content (AvgIpc) is 3.54. The lowest BCUT2D eigenvalue weighted by molar-refractivity contribution is 1.08. The van der Waals surface area contributed by atoms with Gasteiger partial charge in [-0.25, -0.2) is 9.97 Å². The van der Waals surface area contributed by atoms with Crippen LogP contribution in [-0.4, -0.2) is 30.4 Å². The zero-order valence-corrected chi connectivity index (χ0v) is 18.1. The van der Waals surface area contributed by atoms with E-state index in [1.165, 1.54) is 11.1 Å². The Balaban J connectivity index is 1.47. The molecular formula is C26H24N6. The summed E-state index contributed by atoms with van der Waals surface area (Å²) in [6.45, 7) is 4.28. The summed E-state index contributed by atoms with van der Waals surface area (Å²) in [6, 6.07) is 24.5. The summed E-state index contributed by atoms with van der Waals surface area (Å²) in [5.74, 6) is 2.86. The first-order valence-electron chi connectivity index (χ1n) is 10.9. The van der Waals surface area contributed by atoms with Crippen LogP contribution in [0.25, 0.3) is 45.6 Å². The van der Waals surface area contributed by atoms with Crippen molar-refractivity contribution in [1.82, 2.24) is 30.4 Å². The van der Waals surface area contributed by atoms with Crippen LogP contribution in [0.15, 0.2) is 72.8 Å². The standard InChI is InChI=1S/C26H24N6/c1-3-17-10-5-7-14-21(17)25-27-23(29-31-25)19-12-9-13-20(16-19)24-28-26(32-30-24)22-15-8-6-11-18(22)4-2/h5-16H,3-4H2,1-2H3,(H,27,29,31)(H,28,30,32). The highest BCUT2D eigenvalue weighted by atomic mass is 15.2. The molecule has 0 unspecified atom stereocenters. The van der Waals surface area contributed by atoms with Crippen molar-refractivity contribution in [2.75, 3.05) is 0 Å². The number of aromatic nitrogens is 6. The first-order valence-corrected chi connectivity index (χ1v) is 10.9. The van der Waals surface area contributed by atoms with Gasteiger partial charge in [0.05, 0.1) is 0 Å². The fourth-order valence-corrected chi connectivity index (χ4v) is 3.94. The minimum Gasteiger partial charge on any atom is -0.259 e. The van der Waals surface area contributed by atoms with E-state index in [-0.39, 0.29) is 0 Å². The van der Waals surface area contributed by atoms with Gasteiger partial charge in [0.25, 0.3) is 0 Å². The largest absolute Gasteiger partial charge is 0.259 e. The monoisotopic (exact) mass is 420 g/mol. The van der Waals surface area contributed by atoms with Gasteiger partial charge in [0.15, 0.2) is 23.3 Å². The maximum absolute atomic E-state index is 4.75. The lowest BCUT2D eigenvalue weighted by Gasteiger charge is -2.03. The molecule has 0 aliphatic rings. The van der Waals surface area contributed by atoms with Crippen molar-refractivity contribution in [3.05, 3.63) is 83.9 Å². The molecule has 6 heteroatoms. The number of nitrogens with one attached hydrogen (secondary N) is 2. The molecule has 0 radical (unpaired) electrons. The second kappa shape index (κ2) is 8.59. The first-order chi connectivity index (χ1) is 15.8. The van der Waals surface area contributed by atoms with E-state index in [0.717, 1.165) is 46.7 Å². The van der Waals surface area contributed by atoms with Gasteiger partial charge in [-0.1, -0.05) is 80.6 Å². The molecule has 5 rings (SSSR count). The number of aromatic amines is 2. The molecule has 32 heavy (non-hydrogen) atoms. The van der Waals surface area contributed by atoms with Crippen LogP contribution in [0.3, 0.4) is 0 Å². The van der Waals surface area contributed by atoms with Crippen LogP contribution < -0.4 is 0 Å². The van der Waals surface area contributed by atoms with Crippen LogP contribution in [0, 0.1) is 0 Å². The number of hydrogen-bond acceptors (Lipinski definition) is 4. The number of rotatable bonds is 6. The molecule has 0 aliphatic heterocycles. The third kappa shape index (κ3) is 3.71. The summed E-state index contributed by atoms with van der Waals surface area (Å²) in [7, 11) is 0. The van der Waals surface area contributed by atoms with Gasteiger partial charge in [-0.15, -0.1) is 0 Å². The van der Waals surface area contributed by atoms with Gasteiger partial charge in [-0.2, -0.15) is 10.2 Å². The summed E-state index contributed by atoms with van der Waals surface area (Å²) >= 11 is 0. The van der Waals surface area contributed by atoms with E-state index in [0.29, 0.717) is 11.6 Å². The number of benzene rings is 3. The third-order valence-corrected chi connectivity index (χ3v) is 5.66. The maximum atomic E-state index is 4.75. The molecule has 2 N–H and O–H groups in total. The highest BCUT2D eigenvalue weighted by Gasteiger charge is 2.14. The van der Waals surface area contributed by atoms with Gasteiger partial charge in [0.2, 0.25) is 0 Å². The molecule has 0 bridgehead atoms. The van der Waals surface area contributed by atoms with Crippen molar-refractivity contribution >= 4 is 0 Å². The van der Waals surface area contributed by atoms with Gasteiger partial charge in [0, 0.05) is 22.3 Å². The molecule has 2 heterocycles. The summed E-state index contributed by atoms with van der Waals surface area (Å²) in [6.07, 6.45) is 1.88. The molecular weight excluding hydrogens is 396 g/mol. The normalized spacial score (nSPS) is 11.1. The molecule has 3 aromatic carbocycles. The van der Waals surface area contributed by atoms with Crippen molar-refractivity contribution in [3.8, 4) is 45.6 Å². The summed E-state index contributed by atoms with van der Waals surface area (Å²) in [5, 5.41) is 15.1. The van der Waals surface area contributed by atoms with E-state index in [4.69, 9.17) is 9.97 Å². The van der Waals surface area contributed by atoms with Crippen LogP contribution in [-0.2, 0) is 12.8 Å². The highest BCUT2D eigenvalue weighted by molar-refractivity contribution is 5.70. The molecule has 0 atom stereocenters. The van der Waals surface area contributed by atoms with Crippen molar-refractivity contribution in [2.24, 2.45) is 0 Å². The molecule has 2 aromatic heterocycles. The van der Waals surface area contributed by atoms with E-state index in [1.807, 2.05) is 48.5 Å². The zero-order chi connectivity index (χ0) is 21.9. The lowest BCUT2D eigenvalue weighted by atomic mass is 10.0. The zero-order valence-electron chi connectivity index (χ0n) is 18.1. The van der Waals surface area contributed by atoms with Gasteiger partial charge in [-0.3, -0.25) is 10.2 Å². The Bertz CT molecular complexity index is 1260. The van der Waals surface area contributed by atoms with Crippen LogP contribution >= 0.6 is 0 Å². The Morgan fingerprint density at radius 1 is 0.594 bits per heavy atom. The minimum atomic E-state index is 0.653. The molecule has 0 saturated carbocycles. The summed E-state index contributed by atoms with van der Waals surface area (Å²) in [4.78, 5) is 9.51. The second-order valence-corrected chi connectivity index (χ2v) is 7.62. The van der Waals surface area contributed by atoms with E-state index in [2.05, 4.69) is 58.5 Å². The summed E-state index contributed by atoms with van der Waals surface area (Å²) < 4.78 is 0. The maximum Gasteiger partial charge on any atom is 0.181 e. The number of H-pyrrole nitrogens is 2. The molecule has 0 spiro atoms. The SMILES string of the molecule is CCc1ccccc1-c1nc(-c2cccc(-c3n[nH]c(-c4ccccc4CC)n3)c2)n[nH]1. The van der Waals surface area contributed by atoms with Gasteiger partial charge >= 0.3 is 0 Å². The molecule has 158 valence electrons. The molecule has 0 amide bonds. The van der Waals surface area contributed by atoms with Gasteiger partial charge in [-0.05, 0) is 30.0 Å². The van der Waals surface area contributed by atoms with E-state index >= 15 is 0 Å². The predicted molar refractivity (Wildman–Crippen MR) is 127 cm³/mol. The van der Waals surface area contributed by atoms with Crippen LogP contribution in [0.4, 0.5) is 0 Å². The molecule has 0 aliphatic carbocycles. The van der Waals surface area contributed by atoms with Crippen molar-refractivity contribution < 1.29 is 0 Å². The van der Waals surface area contributed by atoms with Gasteiger partial charge in [0.1, 0.15) is 0 Å².